The second-order valence-corrected chi connectivity index (χ2v) is 6.69. The number of fused-ring (bicyclic) bond motifs is 2. The van der Waals surface area contributed by atoms with E-state index < -0.39 is 11.6 Å². The van der Waals surface area contributed by atoms with Crippen LogP contribution < -0.4 is 10.3 Å². The van der Waals surface area contributed by atoms with Crippen LogP contribution >= 0.6 is 0 Å². The van der Waals surface area contributed by atoms with Gasteiger partial charge in [0.15, 0.2) is 17.1 Å². The maximum atomic E-state index is 13.7. The molecule has 1 aromatic heterocycles. The van der Waals surface area contributed by atoms with Gasteiger partial charge in [-0.2, -0.15) is 0 Å². The van der Waals surface area contributed by atoms with Crippen molar-refractivity contribution in [2.45, 2.75) is 13.5 Å². The highest BCUT2D eigenvalue weighted by Crippen LogP contribution is 2.22. The number of rotatable bonds is 4. The molecule has 146 valence electrons. The molecule has 0 aliphatic heterocycles. The number of halogens is 2. The van der Waals surface area contributed by atoms with Crippen LogP contribution in [0.3, 0.4) is 0 Å². The van der Waals surface area contributed by atoms with Gasteiger partial charge in [-0.1, -0.05) is 24.3 Å². The van der Waals surface area contributed by atoms with E-state index in [2.05, 4.69) is 0 Å². The number of likely N-dealkylation sites (N-methyl/N-ethyl adjacent to an activating group) is 1. The average Bonchev–Trinajstić information content (AvgIpc) is 2.74. The molecule has 1 amide bonds. The Morgan fingerprint density at radius 3 is 2.03 bits per heavy atom. The van der Waals surface area contributed by atoms with Gasteiger partial charge in [0.1, 0.15) is 6.54 Å². The van der Waals surface area contributed by atoms with E-state index in [4.69, 9.17) is 0 Å². The minimum absolute atomic E-state index is 0.0475. The summed E-state index contributed by atoms with van der Waals surface area (Å²) in [7, 11) is 0. The third-order valence-corrected chi connectivity index (χ3v) is 5.00. The number of pyridine rings is 1. The van der Waals surface area contributed by atoms with Crippen LogP contribution in [0, 0.1) is 11.6 Å². The molecule has 4 aromatic rings. The molecule has 0 fully saturated rings. The minimum atomic E-state index is -1.01. The van der Waals surface area contributed by atoms with E-state index in [0.29, 0.717) is 28.4 Å². The number of carbonyl (C=O) groups excluding carboxylic acids is 1. The molecule has 0 radical (unpaired) electrons. The molecule has 1 heterocycles. The summed E-state index contributed by atoms with van der Waals surface area (Å²) in [4.78, 5) is 27.3. The predicted molar refractivity (Wildman–Crippen MR) is 110 cm³/mol. The van der Waals surface area contributed by atoms with E-state index in [0.717, 1.165) is 12.1 Å². The summed E-state index contributed by atoms with van der Waals surface area (Å²) in [5, 5.41) is 1.05. The Kier molecular flexibility index (Phi) is 4.84. The van der Waals surface area contributed by atoms with Crippen molar-refractivity contribution in [2.24, 2.45) is 0 Å². The highest BCUT2D eigenvalue weighted by Gasteiger charge is 2.19. The maximum absolute atomic E-state index is 13.7. The molecule has 0 saturated carbocycles. The van der Waals surface area contributed by atoms with Gasteiger partial charge < -0.3 is 9.47 Å². The van der Waals surface area contributed by atoms with Crippen molar-refractivity contribution in [1.82, 2.24) is 4.57 Å². The van der Waals surface area contributed by atoms with Gasteiger partial charge in [-0.05, 0) is 43.3 Å². The van der Waals surface area contributed by atoms with Crippen LogP contribution in [0.4, 0.5) is 14.5 Å². The van der Waals surface area contributed by atoms with Crippen molar-refractivity contribution in [1.29, 1.82) is 0 Å². The molecule has 0 aliphatic rings. The molecular formula is C23H18F2N2O2. The normalized spacial score (nSPS) is 11.1. The lowest BCUT2D eigenvalue weighted by Gasteiger charge is -2.23. The van der Waals surface area contributed by atoms with Gasteiger partial charge in [-0.3, -0.25) is 9.59 Å². The second kappa shape index (κ2) is 7.47. The fourth-order valence-electron chi connectivity index (χ4n) is 3.62. The zero-order valence-corrected chi connectivity index (χ0v) is 15.7. The lowest BCUT2D eigenvalue weighted by Crippen LogP contribution is -2.34. The van der Waals surface area contributed by atoms with Crippen LogP contribution in [0.2, 0.25) is 0 Å². The molecule has 0 N–H and O–H groups in total. The Bertz CT molecular complexity index is 1240. The van der Waals surface area contributed by atoms with E-state index in [1.54, 1.807) is 47.9 Å². The van der Waals surface area contributed by atoms with E-state index in [9.17, 15) is 18.4 Å². The molecule has 0 spiro atoms. The fraction of sp³-hybridized carbons (Fsp3) is 0.130. The highest BCUT2D eigenvalue weighted by atomic mass is 19.2. The zero-order valence-electron chi connectivity index (χ0n) is 15.7. The SMILES string of the molecule is CCN(C(=O)Cn1c2ccccc2c(=O)c2ccccc21)c1ccc(F)c(F)c1. The Balaban J connectivity index is 1.84. The van der Waals surface area contributed by atoms with Crippen molar-refractivity contribution >= 4 is 33.4 Å². The molecule has 0 saturated heterocycles. The number of para-hydroxylation sites is 2. The molecule has 3 aromatic carbocycles. The first kappa shape index (κ1) is 18.8. The standard InChI is InChI=1S/C23H18F2N2O2/c1-2-26(15-11-12-18(24)19(25)13-15)22(28)14-27-20-9-5-3-7-16(20)23(29)17-8-4-6-10-21(17)27/h3-13H,2,14H2,1H3. The number of hydrogen-bond acceptors (Lipinski definition) is 2. The smallest absolute Gasteiger partial charge is 0.246 e. The molecular weight excluding hydrogens is 374 g/mol. The van der Waals surface area contributed by atoms with Gasteiger partial charge in [0.2, 0.25) is 5.91 Å². The van der Waals surface area contributed by atoms with Gasteiger partial charge in [0.25, 0.3) is 0 Å². The molecule has 0 bridgehead atoms. The van der Waals surface area contributed by atoms with Crippen LogP contribution in [-0.2, 0) is 11.3 Å². The number of hydrogen-bond donors (Lipinski definition) is 0. The van der Waals surface area contributed by atoms with Crippen molar-refractivity contribution in [3.8, 4) is 0 Å². The third-order valence-electron chi connectivity index (χ3n) is 5.00. The molecule has 0 aliphatic carbocycles. The van der Waals surface area contributed by atoms with Crippen molar-refractivity contribution < 1.29 is 13.6 Å². The number of benzene rings is 3. The number of anilines is 1. The monoisotopic (exact) mass is 392 g/mol. The number of nitrogens with zero attached hydrogens (tertiary/aromatic N) is 2. The minimum Gasteiger partial charge on any atom is -0.331 e. The second-order valence-electron chi connectivity index (χ2n) is 6.69. The number of amides is 1. The lowest BCUT2D eigenvalue weighted by atomic mass is 10.1. The number of carbonyl (C=O) groups is 1. The molecule has 4 nitrogen and oxygen atoms in total. The summed E-state index contributed by atoms with van der Waals surface area (Å²) in [6.07, 6.45) is 0. The summed E-state index contributed by atoms with van der Waals surface area (Å²) in [6.45, 7) is 2.01. The fourth-order valence-corrected chi connectivity index (χ4v) is 3.62. The summed E-state index contributed by atoms with van der Waals surface area (Å²) in [5.74, 6) is -2.26. The van der Waals surface area contributed by atoms with E-state index in [1.807, 2.05) is 12.1 Å². The third kappa shape index (κ3) is 3.27. The Morgan fingerprint density at radius 1 is 0.897 bits per heavy atom. The van der Waals surface area contributed by atoms with Crippen molar-refractivity contribution in [3.05, 3.63) is 88.6 Å². The first-order valence-corrected chi connectivity index (χ1v) is 9.27. The first-order chi connectivity index (χ1) is 14.0. The van der Waals surface area contributed by atoms with E-state index in [-0.39, 0.29) is 23.6 Å². The zero-order chi connectivity index (χ0) is 20.5. The van der Waals surface area contributed by atoms with Crippen LogP contribution in [-0.4, -0.2) is 17.0 Å². The van der Waals surface area contributed by atoms with Gasteiger partial charge in [-0.15, -0.1) is 0 Å². The van der Waals surface area contributed by atoms with Gasteiger partial charge >= 0.3 is 0 Å². The summed E-state index contributed by atoms with van der Waals surface area (Å²) < 4.78 is 28.8. The van der Waals surface area contributed by atoms with Gasteiger partial charge in [-0.25, -0.2) is 8.78 Å². The van der Waals surface area contributed by atoms with Crippen LogP contribution in [0.25, 0.3) is 21.8 Å². The topological polar surface area (TPSA) is 42.3 Å². The first-order valence-electron chi connectivity index (χ1n) is 9.27. The molecule has 6 heteroatoms. The highest BCUT2D eigenvalue weighted by molar-refractivity contribution is 5.98. The van der Waals surface area contributed by atoms with E-state index in [1.165, 1.54) is 11.0 Å². The Morgan fingerprint density at radius 2 is 1.48 bits per heavy atom. The van der Waals surface area contributed by atoms with Crippen LogP contribution in [0.15, 0.2) is 71.5 Å². The maximum Gasteiger partial charge on any atom is 0.246 e. The molecule has 29 heavy (non-hydrogen) atoms. The van der Waals surface area contributed by atoms with Crippen molar-refractivity contribution in [3.63, 3.8) is 0 Å². The quantitative estimate of drug-likeness (QED) is 0.481. The predicted octanol–water partition coefficient (Wildman–Crippen LogP) is 4.49. The van der Waals surface area contributed by atoms with Crippen LogP contribution in [0.1, 0.15) is 6.92 Å². The van der Waals surface area contributed by atoms with Gasteiger partial charge in [0.05, 0.1) is 11.0 Å². The lowest BCUT2D eigenvalue weighted by molar-refractivity contribution is -0.119. The largest absolute Gasteiger partial charge is 0.331 e. The Labute approximate surface area is 165 Å². The molecule has 0 atom stereocenters. The van der Waals surface area contributed by atoms with Crippen LogP contribution in [0.5, 0.6) is 0 Å². The van der Waals surface area contributed by atoms with Gasteiger partial charge in [0, 0.05) is 29.1 Å². The summed E-state index contributed by atoms with van der Waals surface area (Å²) in [5.41, 5.74) is 1.48. The molecule has 4 rings (SSSR count). The summed E-state index contributed by atoms with van der Waals surface area (Å²) >= 11 is 0. The summed E-state index contributed by atoms with van der Waals surface area (Å²) in [6, 6.07) is 17.6. The Hall–Kier alpha value is -3.54. The molecule has 0 unspecified atom stereocenters. The average molecular weight is 392 g/mol. The number of aromatic nitrogens is 1. The van der Waals surface area contributed by atoms with Crippen molar-refractivity contribution in [2.75, 3.05) is 11.4 Å². The van der Waals surface area contributed by atoms with E-state index >= 15 is 0 Å².